The van der Waals surface area contributed by atoms with Crippen molar-refractivity contribution in [1.29, 1.82) is 0 Å². The molecule has 1 saturated carbocycles. The summed E-state index contributed by atoms with van der Waals surface area (Å²) >= 11 is 0. The van der Waals surface area contributed by atoms with Crippen LogP contribution in [0, 0.1) is 11.3 Å². The van der Waals surface area contributed by atoms with Crippen LogP contribution in [0.5, 0.6) is 0 Å². The second kappa shape index (κ2) is 6.58. The van der Waals surface area contributed by atoms with Crippen molar-refractivity contribution in [2.45, 2.75) is 45.6 Å². The maximum absolute atomic E-state index is 6.05. The zero-order valence-electron chi connectivity index (χ0n) is 11.1. The van der Waals surface area contributed by atoms with Gasteiger partial charge in [0.05, 0.1) is 0 Å². The van der Waals surface area contributed by atoms with Crippen LogP contribution in [0.1, 0.15) is 39.5 Å². The van der Waals surface area contributed by atoms with E-state index >= 15 is 0 Å². The molecule has 0 amide bonds. The number of ether oxygens (including phenoxy) is 1. The number of hydrogen-bond acceptors (Lipinski definition) is 3. The van der Waals surface area contributed by atoms with Crippen LogP contribution >= 0.6 is 0 Å². The van der Waals surface area contributed by atoms with Crippen LogP contribution in [0.25, 0.3) is 0 Å². The van der Waals surface area contributed by atoms with Crippen LogP contribution < -0.4 is 11.1 Å². The number of nitrogens with one attached hydrogen (secondary N) is 1. The number of nitrogens with two attached hydrogens (primary N) is 1. The van der Waals surface area contributed by atoms with Gasteiger partial charge in [-0.15, -0.1) is 0 Å². The Labute approximate surface area is 100 Å². The Morgan fingerprint density at radius 3 is 2.69 bits per heavy atom. The number of hydrogen-bond donors (Lipinski definition) is 2. The number of methoxy groups -OCH3 is 1. The smallest absolute Gasteiger partial charge is 0.0467 e. The van der Waals surface area contributed by atoms with Crippen LogP contribution in [0.2, 0.25) is 0 Å². The molecule has 0 heterocycles. The minimum atomic E-state index is 0.319. The fourth-order valence-corrected chi connectivity index (χ4v) is 1.92. The van der Waals surface area contributed by atoms with Gasteiger partial charge in [-0.05, 0) is 43.6 Å². The van der Waals surface area contributed by atoms with Gasteiger partial charge < -0.3 is 15.8 Å². The summed E-state index contributed by atoms with van der Waals surface area (Å²) in [6, 6.07) is 0.426. The summed E-state index contributed by atoms with van der Waals surface area (Å²) in [5.74, 6) is 0.823. The zero-order chi connectivity index (χ0) is 12.0. The highest BCUT2D eigenvalue weighted by Gasteiger charge is 2.27. The Bertz CT molecular complexity index is 190. The largest absolute Gasteiger partial charge is 0.385 e. The second-order valence-corrected chi connectivity index (χ2v) is 5.87. The third-order valence-electron chi connectivity index (χ3n) is 3.47. The van der Waals surface area contributed by atoms with E-state index in [-0.39, 0.29) is 0 Å². The molecule has 16 heavy (non-hydrogen) atoms. The second-order valence-electron chi connectivity index (χ2n) is 5.87. The van der Waals surface area contributed by atoms with Crippen LogP contribution in [-0.2, 0) is 4.74 Å². The van der Waals surface area contributed by atoms with Gasteiger partial charge in [-0.3, -0.25) is 0 Å². The van der Waals surface area contributed by atoms with Crippen molar-refractivity contribution in [3.8, 4) is 0 Å². The Morgan fingerprint density at radius 2 is 2.12 bits per heavy atom. The van der Waals surface area contributed by atoms with Crippen molar-refractivity contribution in [3.05, 3.63) is 0 Å². The third kappa shape index (κ3) is 5.83. The van der Waals surface area contributed by atoms with Crippen molar-refractivity contribution in [3.63, 3.8) is 0 Å². The standard InChI is InChI=1S/C13H28N2O/c1-13(2,7-9-16-3)10-15-8-6-12(14)11-4-5-11/h11-12,15H,4-10,14H2,1-3H3. The van der Waals surface area contributed by atoms with Crippen molar-refractivity contribution < 1.29 is 4.74 Å². The molecule has 3 N–H and O–H groups in total. The molecule has 0 spiro atoms. The molecule has 1 unspecified atom stereocenters. The molecule has 96 valence electrons. The first-order valence-corrected chi connectivity index (χ1v) is 6.50. The molecule has 1 fully saturated rings. The molecule has 0 aromatic heterocycles. The third-order valence-corrected chi connectivity index (χ3v) is 3.47. The average Bonchev–Trinajstić information content (AvgIpc) is 3.05. The Hall–Kier alpha value is -0.120. The van der Waals surface area contributed by atoms with Gasteiger partial charge in [-0.2, -0.15) is 0 Å². The average molecular weight is 228 g/mol. The fraction of sp³-hybridized carbons (Fsp3) is 1.00. The summed E-state index contributed by atoms with van der Waals surface area (Å²) in [6.45, 7) is 7.50. The molecular weight excluding hydrogens is 200 g/mol. The maximum Gasteiger partial charge on any atom is 0.0467 e. The zero-order valence-corrected chi connectivity index (χ0v) is 11.1. The van der Waals surface area contributed by atoms with Crippen LogP contribution in [0.3, 0.4) is 0 Å². The molecule has 1 aliphatic rings. The lowest BCUT2D eigenvalue weighted by molar-refractivity contribution is 0.150. The number of rotatable bonds is 9. The predicted octanol–water partition coefficient (Wildman–Crippen LogP) is 1.77. The lowest BCUT2D eigenvalue weighted by Gasteiger charge is -2.25. The minimum Gasteiger partial charge on any atom is -0.385 e. The van der Waals surface area contributed by atoms with Gasteiger partial charge in [0.25, 0.3) is 0 Å². The van der Waals surface area contributed by atoms with E-state index < -0.39 is 0 Å². The Balaban J connectivity index is 2.00. The maximum atomic E-state index is 6.05. The molecule has 0 saturated heterocycles. The molecule has 0 radical (unpaired) electrons. The van der Waals surface area contributed by atoms with Crippen molar-refractivity contribution in [2.75, 3.05) is 26.8 Å². The van der Waals surface area contributed by atoms with Gasteiger partial charge in [0, 0.05) is 26.3 Å². The topological polar surface area (TPSA) is 47.3 Å². The molecule has 0 bridgehead atoms. The van der Waals surface area contributed by atoms with E-state index in [0.717, 1.165) is 38.5 Å². The Morgan fingerprint density at radius 1 is 1.44 bits per heavy atom. The first-order valence-electron chi connectivity index (χ1n) is 6.50. The summed E-state index contributed by atoms with van der Waals surface area (Å²) in [7, 11) is 1.76. The first-order chi connectivity index (χ1) is 7.55. The van der Waals surface area contributed by atoms with E-state index in [4.69, 9.17) is 10.5 Å². The molecule has 3 nitrogen and oxygen atoms in total. The summed E-state index contributed by atoms with van der Waals surface area (Å²) in [6.07, 6.45) is 4.91. The predicted molar refractivity (Wildman–Crippen MR) is 68.5 cm³/mol. The van der Waals surface area contributed by atoms with Crippen LogP contribution in [0.4, 0.5) is 0 Å². The Kier molecular flexibility index (Phi) is 5.73. The molecule has 1 atom stereocenters. The first kappa shape index (κ1) is 13.9. The van der Waals surface area contributed by atoms with Gasteiger partial charge in [0.2, 0.25) is 0 Å². The molecule has 3 heteroatoms. The van der Waals surface area contributed by atoms with E-state index in [0.29, 0.717) is 11.5 Å². The quantitative estimate of drug-likeness (QED) is 0.591. The van der Waals surface area contributed by atoms with Gasteiger partial charge in [-0.1, -0.05) is 13.8 Å². The van der Waals surface area contributed by atoms with Gasteiger partial charge in [-0.25, -0.2) is 0 Å². The van der Waals surface area contributed by atoms with Crippen LogP contribution in [0.15, 0.2) is 0 Å². The SMILES string of the molecule is COCCC(C)(C)CNCCC(N)C1CC1. The molecule has 0 aromatic rings. The summed E-state index contributed by atoms with van der Waals surface area (Å²) in [5, 5.41) is 3.51. The van der Waals surface area contributed by atoms with E-state index in [1.807, 2.05) is 0 Å². The highest BCUT2D eigenvalue weighted by atomic mass is 16.5. The monoisotopic (exact) mass is 228 g/mol. The molecule has 1 rings (SSSR count). The highest BCUT2D eigenvalue weighted by Crippen LogP contribution is 2.32. The van der Waals surface area contributed by atoms with E-state index in [1.54, 1.807) is 7.11 Å². The van der Waals surface area contributed by atoms with E-state index in [2.05, 4.69) is 19.2 Å². The lowest BCUT2D eigenvalue weighted by atomic mass is 9.89. The van der Waals surface area contributed by atoms with Gasteiger partial charge in [0.15, 0.2) is 0 Å². The van der Waals surface area contributed by atoms with Crippen LogP contribution in [-0.4, -0.2) is 32.8 Å². The van der Waals surface area contributed by atoms with Crippen molar-refractivity contribution in [1.82, 2.24) is 5.32 Å². The van der Waals surface area contributed by atoms with Crippen molar-refractivity contribution in [2.24, 2.45) is 17.1 Å². The highest BCUT2D eigenvalue weighted by molar-refractivity contribution is 4.84. The molecule has 1 aliphatic carbocycles. The summed E-state index contributed by atoms with van der Waals surface area (Å²) in [5.41, 5.74) is 6.37. The summed E-state index contributed by atoms with van der Waals surface area (Å²) in [4.78, 5) is 0. The van der Waals surface area contributed by atoms with Gasteiger partial charge >= 0.3 is 0 Å². The lowest BCUT2D eigenvalue weighted by Crippen LogP contribution is -2.34. The van der Waals surface area contributed by atoms with Gasteiger partial charge in [0.1, 0.15) is 0 Å². The van der Waals surface area contributed by atoms with E-state index in [9.17, 15) is 0 Å². The van der Waals surface area contributed by atoms with E-state index in [1.165, 1.54) is 12.8 Å². The molecular formula is C13H28N2O. The molecule has 0 aliphatic heterocycles. The minimum absolute atomic E-state index is 0.319. The molecule has 0 aromatic carbocycles. The summed E-state index contributed by atoms with van der Waals surface area (Å²) < 4.78 is 5.11. The fourth-order valence-electron chi connectivity index (χ4n) is 1.92. The van der Waals surface area contributed by atoms with Crippen molar-refractivity contribution >= 4 is 0 Å². The normalized spacial score (nSPS) is 18.8.